The van der Waals surface area contributed by atoms with E-state index in [2.05, 4.69) is 19.6 Å². The molecule has 0 radical (unpaired) electrons. The van der Waals surface area contributed by atoms with E-state index >= 15 is 0 Å². The first-order valence-electron chi connectivity index (χ1n) is 11.4. The fraction of sp³-hybridized carbons (Fsp3) is 0.333. The highest BCUT2D eigenvalue weighted by Crippen LogP contribution is 2.31. The van der Waals surface area contributed by atoms with Gasteiger partial charge in [-0.3, -0.25) is 14.2 Å². The maximum atomic E-state index is 14.7. The van der Waals surface area contributed by atoms with Gasteiger partial charge in [0, 0.05) is 23.9 Å². The van der Waals surface area contributed by atoms with Gasteiger partial charge in [0.15, 0.2) is 0 Å². The Labute approximate surface area is 218 Å². The van der Waals surface area contributed by atoms with Crippen molar-refractivity contribution in [1.29, 1.82) is 0 Å². The Morgan fingerprint density at radius 3 is 2.51 bits per heavy atom. The molecule has 3 aromatic rings. The SMILES string of the molecule is C[C@@H](Nc1ncnc2c1cc(C1=CCS(=O)(=NC(=O)C(F)(F)F)CC1)c(=O)n2C)c1cccc(C(F)F)c1F. The third-order valence-electron chi connectivity index (χ3n) is 6.24. The number of aryl methyl sites for hydroxylation is 1. The zero-order chi connectivity index (χ0) is 28.7. The normalized spacial score (nSPS) is 18.6. The maximum absolute atomic E-state index is 14.7. The molecule has 0 saturated carbocycles. The van der Waals surface area contributed by atoms with Crippen LogP contribution in [0.3, 0.4) is 0 Å². The van der Waals surface area contributed by atoms with Gasteiger partial charge in [-0.15, -0.1) is 0 Å². The van der Waals surface area contributed by atoms with Crippen molar-refractivity contribution in [2.75, 3.05) is 16.8 Å². The van der Waals surface area contributed by atoms with Gasteiger partial charge in [-0.05, 0) is 25.0 Å². The average Bonchev–Trinajstić information content (AvgIpc) is 2.86. The van der Waals surface area contributed by atoms with E-state index in [1.807, 2.05) is 0 Å². The summed E-state index contributed by atoms with van der Waals surface area (Å²) in [5, 5.41) is 3.27. The Kier molecular flexibility index (Phi) is 7.56. The number of fused-ring (bicyclic) bond motifs is 1. The summed E-state index contributed by atoms with van der Waals surface area (Å²) in [5.41, 5.74) is -0.580. The number of nitrogens with zero attached hydrogens (tertiary/aromatic N) is 4. The van der Waals surface area contributed by atoms with Crippen LogP contribution in [-0.2, 0) is 21.6 Å². The number of aromatic nitrogens is 3. The van der Waals surface area contributed by atoms with E-state index in [-0.39, 0.29) is 34.8 Å². The average molecular weight is 574 g/mol. The number of hydrogen-bond acceptors (Lipinski definition) is 6. The molecule has 1 unspecified atom stereocenters. The highest BCUT2D eigenvalue weighted by molar-refractivity contribution is 7.94. The molecule has 4 rings (SSSR count). The molecule has 0 aliphatic carbocycles. The summed E-state index contributed by atoms with van der Waals surface area (Å²) in [6.45, 7) is 1.54. The first-order valence-corrected chi connectivity index (χ1v) is 13.3. The third-order valence-corrected chi connectivity index (χ3v) is 8.26. The quantitative estimate of drug-likeness (QED) is 0.435. The molecule has 1 aliphatic heterocycles. The van der Waals surface area contributed by atoms with Crippen molar-refractivity contribution in [2.45, 2.75) is 32.0 Å². The van der Waals surface area contributed by atoms with Gasteiger partial charge >= 0.3 is 12.1 Å². The molecule has 0 spiro atoms. The minimum atomic E-state index is -5.24. The lowest BCUT2D eigenvalue weighted by Crippen LogP contribution is -2.26. The molecule has 0 saturated heterocycles. The van der Waals surface area contributed by atoms with Gasteiger partial charge in [0.1, 0.15) is 23.6 Å². The molecule has 15 heteroatoms. The Hall–Kier alpha value is -3.75. The maximum Gasteiger partial charge on any atom is 0.474 e. The molecule has 2 atom stereocenters. The third kappa shape index (κ3) is 5.67. The van der Waals surface area contributed by atoms with E-state index in [0.717, 1.165) is 12.4 Å². The smallest absolute Gasteiger partial charge is 0.363 e. The van der Waals surface area contributed by atoms with Crippen LogP contribution in [0.5, 0.6) is 0 Å². The number of amides is 1. The van der Waals surface area contributed by atoms with Crippen LogP contribution in [0.1, 0.15) is 42.5 Å². The monoisotopic (exact) mass is 573 g/mol. The minimum Gasteiger partial charge on any atom is -0.363 e. The molecule has 1 N–H and O–H groups in total. The van der Waals surface area contributed by atoms with Gasteiger partial charge in [-0.1, -0.05) is 24.3 Å². The molecule has 0 bridgehead atoms. The number of hydrogen-bond donors (Lipinski definition) is 1. The number of alkyl halides is 5. The van der Waals surface area contributed by atoms with Gasteiger partial charge in [-0.2, -0.15) is 17.5 Å². The van der Waals surface area contributed by atoms with Crippen LogP contribution in [0.4, 0.5) is 32.2 Å². The van der Waals surface area contributed by atoms with Crippen LogP contribution in [0.15, 0.2) is 45.8 Å². The summed E-state index contributed by atoms with van der Waals surface area (Å²) < 4.78 is 95.5. The summed E-state index contributed by atoms with van der Waals surface area (Å²) in [7, 11) is -2.07. The number of carbonyl (C=O) groups excluding carboxylic acids is 1. The van der Waals surface area contributed by atoms with Gasteiger partial charge in [0.2, 0.25) is 0 Å². The molecule has 1 aromatic carbocycles. The number of rotatable bonds is 5. The second kappa shape index (κ2) is 10.4. The van der Waals surface area contributed by atoms with Crippen LogP contribution in [-0.4, -0.2) is 42.3 Å². The van der Waals surface area contributed by atoms with Gasteiger partial charge in [-0.25, -0.2) is 27.3 Å². The van der Waals surface area contributed by atoms with E-state index in [1.54, 1.807) is 0 Å². The van der Waals surface area contributed by atoms with E-state index in [9.17, 15) is 40.1 Å². The van der Waals surface area contributed by atoms with Crippen molar-refractivity contribution >= 4 is 38.1 Å². The van der Waals surface area contributed by atoms with Crippen molar-refractivity contribution in [1.82, 2.24) is 14.5 Å². The van der Waals surface area contributed by atoms with Crippen molar-refractivity contribution < 1.29 is 35.3 Å². The topological polar surface area (TPSA) is 106 Å². The highest BCUT2D eigenvalue weighted by atomic mass is 32.2. The number of nitrogens with one attached hydrogen (secondary N) is 1. The van der Waals surface area contributed by atoms with Gasteiger partial charge in [0.05, 0.1) is 32.5 Å². The standard InChI is InChI=1S/C24H21F6N5O3S/c1-12(14-4-3-5-15(18(14)25)19(26)27)33-20-17-10-16(22(36)35(2)21(17)32-11-31-20)13-6-8-39(38,9-7-13)34-23(37)24(28,29)30/h3-6,10-12,19H,7-9H2,1-2H3,(H,31,32,33)/t12-,39?/m1/s1. The molecular weight excluding hydrogens is 552 g/mol. The highest BCUT2D eigenvalue weighted by Gasteiger charge is 2.40. The fourth-order valence-electron chi connectivity index (χ4n) is 4.18. The van der Waals surface area contributed by atoms with Crippen LogP contribution < -0.4 is 10.9 Å². The van der Waals surface area contributed by atoms with Crippen molar-refractivity contribution in [3.05, 3.63) is 69.5 Å². The zero-order valence-corrected chi connectivity index (χ0v) is 21.2. The molecule has 1 aliphatic rings. The molecular formula is C24H21F6N5O3S. The molecule has 39 heavy (non-hydrogen) atoms. The number of allylic oxidation sites excluding steroid dienone is 1. The van der Waals surface area contributed by atoms with Crippen molar-refractivity contribution in [2.24, 2.45) is 11.4 Å². The zero-order valence-electron chi connectivity index (χ0n) is 20.4. The number of halogens is 6. The Morgan fingerprint density at radius 1 is 1.21 bits per heavy atom. The minimum absolute atomic E-state index is 0.0356. The van der Waals surface area contributed by atoms with E-state index in [1.165, 1.54) is 42.8 Å². The second-order valence-corrected chi connectivity index (χ2v) is 11.3. The Bertz CT molecular complexity index is 1680. The predicted octanol–water partition coefficient (Wildman–Crippen LogP) is 4.92. The Morgan fingerprint density at radius 2 is 1.90 bits per heavy atom. The molecule has 208 valence electrons. The van der Waals surface area contributed by atoms with Crippen LogP contribution in [0, 0.1) is 5.82 Å². The van der Waals surface area contributed by atoms with Gasteiger partial charge in [0.25, 0.3) is 12.0 Å². The number of anilines is 1. The molecule has 0 fully saturated rings. The van der Waals surface area contributed by atoms with E-state index < -0.39 is 57.0 Å². The van der Waals surface area contributed by atoms with Crippen LogP contribution >= 0.6 is 0 Å². The second-order valence-electron chi connectivity index (χ2n) is 8.82. The number of carbonyl (C=O) groups is 1. The summed E-state index contributed by atoms with van der Waals surface area (Å²) >= 11 is 0. The van der Waals surface area contributed by atoms with Crippen molar-refractivity contribution in [3.63, 3.8) is 0 Å². The molecule has 1 amide bonds. The fourth-order valence-corrected chi connectivity index (χ4v) is 5.92. The van der Waals surface area contributed by atoms with Crippen LogP contribution in [0.25, 0.3) is 16.6 Å². The molecule has 2 aromatic heterocycles. The first-order chi connectivity index (χ1) is 18.2. The molecule has 8 nitrogen and oxygen atoms in total. The van der Waals surface area contributed by atoms with Crippen LogP contribution in [0.2, 0.25) is 0 Å². The molecule has 3 heterocycles. The van der Waals surface area contributed by atoms with Crippen molar-refractivity contribution in [3.8, 4) is 0 Å². The summed E-state index contributed by atoms with van der Waals surface area (Å²) in [5.74, 6) is -4.15. The lowest BCUT2D eigenvalue weighted by atomic mass is 10.0. The lowest BCUT2D eigenvalue weighted by molar-refractivity contribution is -0.169. The summed E-state index contributed by atoms with van der Waals surface area (Å²) in [6, 6.07) is 4.26. The van der Waals surface area contributed by atoms with E-state index in [4.69, 9.17) is 0 Å². The first kappa shape index (κ1) is 28.3. The van der Waals surface area contributed by atoms with E-state index in [0.29, 0.717) is 11.0 Å². The number of benzene rings is 1. The number of pyridine rings is 1. The predicted molar refractivity (Wildman–Crippen MR) is 132 cm³/mol. The Balaban J connectivity index is 1.73. The summed E-state index contributed by atoms with van der Waals surface area (Å²) in [6.07, 6.45) is -5.87. The summed E-state index contributed by atoms with van der Waals surface area (Å²) in [4.78, 5) is 32.6. The largest absolute Gasteiger partial charge is 0.474 e. The lowest BCUT2D eigenvalue weighted by Gasteiger charge is -2.20. The van der Waals surface area contributed by atoms with Gasteiger partial charge < -0.3 is 5.32 Å².